The van der Waals surface area contributed by atoms with E-state index in [1.807, 2.05) is 13.1 Å². The molecule has 2 rings (SSSR count). The van der Waals surface area contributed by atoms with Crippen molar-refractivity contribution < 1.29 is 0 Å². The van der Waals surface area contributed by atoms with Crippen molar-refractivity contribution in [1.82, 2.24) is 14.8 Å². The minimum atomic E-state index is 0.288. The fourth-order valence-corrected chi connectivity index (χ4v) is 2.51. The van der Waals surface area contributed by atoms with E-state index in [9.17, 15) is 0 Å². The molecule has 19 heavy (non-hydrogen) atoms. The molecule has 4 heteroatoms. The molecule has 1 aromatic heterocycles. The molecule has 0 aliphatic carbocycles. The van der Waals surface area contributed by atoms with E-state index < -0.39 is 0 Å². The van der Waals surface area contributed by atoms with Crippen LogP contribution in [0.25, 0.3) is 0 Å². The third-order valence-corrected chi connectivity index (χ3v) is 3.77. The number of rotatable bonds is 3. The van der Waals surface area contributed by atoms with Crippen molar-refractivity contribution in [3.8, 4) is 0 Å². The molecule has 0 amide bonds. The summed E-state index contributed by atoms with van der Waals surface area (Å²) in [6, 6.07) is 6.18. The fourth-order valence-electron chi connectivity index (χ4n) is 2.51. The van der Waals surface area contributed by atoms with Gasteiger partial charge in [0, 0.05) is 45.3 Å². The second-order valence-corrected chi connectivity index (χ2v) is 6.20. The third-order valence-electron chi connectivity index (χ3n) is 3.77. The molecule has 0 unspecified atom stereocenters. The van der Waals surface area contributed by atoms with E-state index in [4.69, 9.17) is 0 Å². The lowest BCUT2D eigenvalue weighted by Crippen LogP contribution is -2.53. The number of anilines is 1. The van der Waals surface area contributed by atoms with Gasteiger partial charge in [0.05, 0.1) is 5.69 Å². The Labute approximate surface area is 116 Å². The minimum absolute atomic E-state index is 0.288. The highest BCUT2D eigenvalue weighted by Crippen LogP contribution is 2.17. The van der Waals surface area contributed by atoms with E-state index >= 15 is 0 Å². The summed E-state index contributed by atoms with van der Waals surface area (Å²) in [7, 11) is 1.91. The van der Waals surface area contributed by atoms with Crippen LogP contribution < -0.4 is 5.32 Å². The number of hydrogen-bond acceptors (Lipinski definition) is 4. The molecule has 0 spiro atoms. The number of nitrogens with zero attached hydrogens (tertiary/aromatic N) is 3. The zero-order valence-electron chi connectivity index (χ0n) is 12.6. The SMILES string of the molecule is CNc1cccc(CN2CCN(C(C)(C)C)CC2)n1. The topological polar surface area (TPSA) is 31.4 Å². The lowest BCUT2D eigenvalue weighted by Gasteiger charge is -2.42. The quantitative estimate of drug-likeness (QED) is 0.903. The molecule has 0 radical (unpaired) electrons. The standard InChI is InChI=1S/C15H26N4/c1-15(2,3)19-10-8-18(9-11-19)12-13-6-5-7-14(16-4)17-13/h5-7H,8-12H2,1-4H3,(H,16,17). The summed E-state index contributed by atoms with van der Waals surface area (Å²) in [5.41, 5.74) is 1.44. The maximum Gasteiger partial charge on any atom is 0.126 e. The van der Waals surface area contributed by atoms with Crippen molar-refractivity contribution in [1.29, 1.82) is 0 Å². The molecule has 1 saturated heterocycles. The first-order valence-corrected chi connectivity index (χ1v) is 7.10. The Morgan fingerprint density at radius 2 is 1.84 bits per heavy atom. The molecule has 0 atom stereocenters. The van der Waals surface area contributed by atoms with Crippen LogP contribution in [0.3, 0.4) is 0 Å². The monoisotopic (exact) mass is 262 g/mol. The van der Waals surface area contributed by atoms with Gasteiger partial charge in [-0.25, -0.2) is 4.98 Å². The van der Waals surface area contributed by atoms with Gasteiger partial charge in [0.25, 0.3) is 0 Å². The number of pyridine rings is 1. The number of aromatic nitrogens is 1. The largest absolute Gasteiger partial charge is 0.373 e. The summed E-state index contributed by atoms with van der Waals surface area (Å²) in [6.07, 6.45) is 0. The van der Waals surface area contributed by atoms with Gasteiger partial charge in [-0.05, 0) is 32.9 Å². The molecule has 1 aromatic rings. The smallest absolute Gasteiger partial charge is 0.126 e. The van der Waals surface area contributed by atoms with Crippen molar-refractivity contribution >= 4 is 5.82 Å². The normalized spacial score (nSPS) is 18.5. The van der Waals surface area contributed by atoms with Crippen LogP contribution in [0.1, 0.15) is 26.5 Å². The van der Waals surface area contributed by atoms with Crippen molar-refractivity contribution in [3.63, 3.8) is 0 Å². The van der Waals surface area contributed by atoms with Gasteiger partial charge in [0.15, 0.2) is 0 Å². The zero-order chi connectivity index (χ0) is 13.9. The first-order valence-electron chi connectivity index (χ1n) is 7.10. The maximum absolute atomic E-state index is 4.59. The van der Waals surface area contributed by atoms with Gasteiger partial charge < -0.3 is 5.32 Å². The number of nitrogens with one attached hydrogen (secondary N) is 1. The molecule has 0 bridgehead atoms. The number of hydrogen-bond donors (Lipinski definition) is 1. The lowest BCUT2D eigenvalue weighted by molar-refractivity contribution is 0.0586. The first kappa shape index (κ1) is 14.3. The van der Waals surface area contributed by atoms with Crippen molar-refractivity contribution in [2.45, 2.75) is 32.9 Å². The Morgan fingerprint density at radius 3 is 2.42 bits per heavy atom. The molecule has 1 aliphatic rings. The Bertz CT molecular complexity index is 403. The molecule has 0 saturated carbocycles. The fraction of sp³-hybridized carbons (Fsp3) is 0.667. The maximum atomic E-state index is 4.59. The first-order chi connectivity index (χ1) is 8.99. The highest BCUT2D eigenvalue weighted by Gasteiger charge is 2.25. The van der Waals surface area contributed by atoms with Crippen LogP contribution in [0.15, 0.2) is 18.2 Å². The molecule has 4 nitrogen and oxygen atoms in total. The highest BCUT2D eigenvalue weighted by atomic mass is 15.3. The molecule has 106 valence electrons. The van der Waals surface area contributed by atoms with Gasteiger partial charge in [-0.2, -0.15) is 0 Å². The van der Waals surface area contributed by atoms with Crippen LogP contribution >= 0.6 is 0 Å². The summed E-state index contributed by atoms with van der Waals surface area (Å²) in [5, 5.41) is 3.09. The minimum Gasteiger partial charge on any atom is -0.373 e. The van der Waals surface area contributed by atoms with E-state index in [-0.39, 0.29) is 5.54 Å². The average molecular weight is 262 g/mol. The summed E-state index contributed by atoms with van der Waals surface area (Å²) in [4.78, 5) is 9.63. The summed E-state index contributed by atoms with van der Waals surface area (Å²) < 4.78 is 0. The Morgan fingerprint density at radius 1 is 1.16 bits per heavy atom. The van der Waals surface area contributed by atoms with E-state index in [1.54, 1.807) is 0 Å². The van der Waals surface area contributed by atoms with Gasteiger partial charge in [-0.1, -0.05) is 6.07 Å². The number of piperazine rings is 1. The second-order valence-electron chi connectivity index (χ2n) is 6.20. The molecule has 1 fully saturated rings. The molecule has 1 N–H and O–H groups in total. The molecule has 2 heterocycles. The van der Waals surface area contributed by atoms with Crippen LogP contribution in [0, 0.1) is 0 Å². The van der Waals surface area contributed by atoms with Crippen LogP contribution in [-0.2, 0) is 6.54 Å². The van der Waals surface area contributed by atoms with Crippen LogP contribution in [0.2, 0.25) is 0 Å². The van der Waals surface area contributed by atoms with Gasteiger partial charge >= 0.3 is 0 Å². The third kappa shape index (κ3) is 3.91. The van der Waals surface area contributed by atoms with Crippen LogP contribution in [0.4, 0.5) is 5.82 Å². The van der Waals surface area contributed by atoms with E-state index in [1.165, 1.54) is 0 Å². The summed E-state index contributed by atoms with van der Waals surface area (Å²) in [5.74, 6) is 0.950. The van der Waals surface area contributed by atoms with Gasteiger partial charge in [-0.15, -0.1) is 0 Å². The highest BCUT2D eigenvalue weighted by molar-refractivity contribution is 5.34. The van der Waals surface area contributed by atoms with Gasteiger partial charge in [-0.3, -0.25) is 9.80 Å². The van der Waals surface area contributed by atoms with Gasteiger partial charge in [0.2, 0.25) is 0 Å². The molecule has 0 aromatic carbocycles. The van der Waals surface area contributed by atoms with Crippen molar-refractivity contribution in [2.24, 2.45) is 0 Å². The van der Waals surface area contributed by atoms with E-state index in [0.29, 0.717) is 0 Å². The summed E-state index contributed by atoms with van der Waals surface area (Å²) in [6.45, 7) is 12.4. The Hall–Kier alpha value is -1.13. The molecular formula is C15H26N4. The predicted molar refractivity (Wildman–Crippen MR) is 80.4 cm³/mol. The zero-order valence-corrected chi connectivity index (χ0v) is 12.6. The predicted octanol–water partition coefficient (Wildman–Crippen LogP) is 2.04. The Balaban J connectivity index is 1.88. The van der Waals surface area contributed by atoms with Crippen molar-refractivity contribution in [3.05, 3.63) is 23.9 Å². The second kappa shape index (κ2) is 5.88. The average Bonchev–Trinajstić information content (AvgIpc) is 2.38. The van der Waals surface area contributed by atoms with Gasteiger partial charge in [0.1, 0.15) is 5.82 Å². The lowest BCUT2D eigenvalue weighted by atomic mass is 10.0. The van der Waals surface area contributed by atoms with E-state index in [2.05, 4.69) is 53.0 Å². The van der Waals surface area contributed by atoms with E-state index in [0.717, 1.165) is 44.2 Å². The molecule has 1 aliphatic heterocycles. The Kier molecular flexibility index (Phi) is 4.42. The summed E-state index contributed by atoms with van der Waals surface area (Å²) >= 11 is 0. The van der Waals surface area contributed by atoms with Crippen LogP contribution in [-0.4, -0.2) is 53.5 Å². The molecular weight excluding hydrogens is 236 g/mol. The van der Waals surface area contributed by atoms with Crippen LogP contribution in [0.5, 0.6) is 0 Å². The van der Waals surface area contributed by atoms with Crippen molar-refractivity contribution in [2.75, 3.05) is 38.5 Å².